The first-order valence-corrected chi connectivity index (χ1v) is 8.73. The number of alkyl carbamates (subject to hydrolysis) is 1. The highest BCUT2D eigenvalue weighted by Crippen LogP contribution is 2.24. The second-order valence-electron chi connectivity index (χ2n) is 7.40. The third-order valence-electron chi connectivity index (χ3n) is 4.15. The van der Waals surface area contributed by atoms with Gasteiger partial charge in [0, 0.05) is 18.8 Å². The summed E-state index contributed by atoms with van der Waals surface area (Å²) in [6.07, 6.45) is 6.37. The molecule has 128 valence electrons. The zero-order valence-corrected chi connectivity index (χ0v) is 14.7. The van der Waals surface area contributed by atoms with Crippen LogP contribution in [0.25, 0.3) is 0 Å². The highest BCUT2D eigenvalue weighted by molar-refractivity contribution is 5.68. The first kappa shape index (κ1) is 17.6. The highest BCUT2D eigenvalue weighted by atomic mass is 16.6. The molecule has 0 aliphatic heterocycles. The maximum absolute atomic E-state index is 11.8. The molecule has 1 aliphatic carbocycles. The lowest BCUT2D eigenvalue weighted by molar-refractivity contribution is 0.0523. The number of amides is 1. The van der Waals surface area contributed by atoms with E-state index in [1.165, 1.54) is 32.1 Å². The van der Waals surface area contributed by atoms with Gasteiger partial charge in [0.15, 0.2) is 0 Å². The molecule has 0 bridgehead atoms. The number of hydrogen-bond acceptors (Lipinski definition) is 3. The number of rotatable bonds is 5. The minimum absolute atomic E-state index is 0.375. The third kappa shape index (κ3) is 6.51. The van der Waals surface area contributed by atoms with Gasteiger partial charge in [0.2, 0.25) is 0 Å². The second-order valence-corrected chi connectivity index (χ2v) is 7.40. The molecule has 1 fully saturated rings. The van der Waals surface area contributed by atoms with Crippen molar-refractivity contribution in [3.05, 3.63) is 29.8 Å². The maximum atomic E-state index is 11.8. The van der Waals surface area contributed by atoms with Gasteiger partial charge < -0.3 is 15.4 Å². The van der Waals surface area contributed by atoms with Crippen LogP contribution in [0.4, 0.5) is 10.5 Å². The van der Waals surface area contributed by atoms with Crippen molar-refractivity contribution in [2.45, 2.75) is 65.0 Å². The fraction of sp³-hybridized carbons (Fsp3) is 0.632. The van der Waals surface area contributed by atoms with Crippen molar-refractivity contribution in [1.29, 1.82) is 0 Å². The van der Waals surface area contributed by atoms with Gasteiger partial charge in [-0.05, 0) is 51.2 Å². The van der Waals surface area contributed by atoms with Crippen LogP contribution in [0, 0.1) is 5.92 Å². The Kier molecular flexibility index (Phi) is 6.31. The molecule has 2 N–H and O–H groups in total. The molecule has 1 aromatic carbocycles. The predicted molar refractivity (Wildman–Crippen MR) is 94.6 cm³/mol. The fourth-order valence-corrected chi connectivity index (χ4v) is 2.97. The molecule has 23 heavy (non-hydrogen) atoms. The van der Waals surface area contributed by atoms with Gasteiger partial charge in [0.1, 0.15) is 5.60 Å². The Morgan fingerprint density at radius 3 is 2.57 bits per heavy atom. The zero-order chi connectivity index (χ0) is 16.7. The molecule has 4 nitrogen and oxygen atoms in total. The standard InChI is InChI=1S/C19H30N2O2/c1-19(2,3)23-18(22)21-14-16-11-7-8-12-17(16)20-13-15-9-5-4-6-10-15/h7-8,11-12,15,20H,4-6,9-10,13-14H2,1-3H3,(H,21,22). The summed E-state index contributed by atoms with van der Waals surface area (Å²) < 4.78 is 5.28. The highest BCUT2D eigenvalue weighted by Gasteiger charge is 2.16. The molecule has 0 saturated heterocycles. The molecule has 0 unspecified atom stereocenters. The molecule has 4 heteroatoms. The van der Waals surface area contributed by atoms with Crippen molar-refractivity contribution < 1.29 is 9.53 Å². The van der Waals surface area contributed by atoms with Crippen molar-refractivity contribution >= 4 is 11.8 Å². The van der Waals surface area contributed by atoms with Gasteiger partial charge in [0.05, 0.1) is 0 Å². The summed E-state index contributed by atoms with van der Waals surface area (Å²) in [4.78, 5) is 11.8. The number of benzene rings is 1. The summed E-state index contributed by atoms with van der Waals surface area (Å²) in [6.45, 7) is 7.09. The molecular weight excluding hydrogens is 288 g/mol. The number of ether oxygens (including phenoxy) is 1. The van der Waals surface area contributed by atoms with Crippen molar-refractivity contribution in [3.8, 4) is 0 Å². The van der Waals surface area contributed by atoms with E-state index in [0.717, 1.165) is 23.7 Å². The summed E-state index contributed by atoms with van der Waals surface area (Å²) in [5, 5.41) is 6.40. The Bertz CT molecular complexity index is 502. The Hall–Kier alpha value is -1.71. The van der Waals surface area contributed by atoms with Gasteiger partial charge in [-0.3, -0.25) is 0 Å². The number of nitrogens with one attached hydrogen (secondary N) is 2. The lowest BCUT2D eigenvalue weighted by Crippen LogP contribution is -2.32. The van der Waals surface area contributed by atoms with Gasteiger partial charge >= 0.3 is 6.09 Å². The molecule has 0 atom stereocenters. The van der Waals surface area contributed by atoms with Crippen LogP contribution in [0.1, 0.15) is 58.4 Å². The Morgan fingerprint density at radius 2 is 1.87 bits per heavy atom. The number of para-hydroxylation sites is 1. The normalized spacial score (nSPS) is 16.0. The van der Waals surface area contributed by atoms with Crippen molar-refractivity contribution in [3.63, 3.8) is 0 Å². The van der Waals surface area contributed by atoms with Crippen LogP contribution in [-0.4, -0.2) is 18.2 Å². The minimum atomic E-state index is -0.469. The molecular formula is C19H30N2O2. The molecule has 0 heterocycles. The van der Waals surface area contributed by atoms with E-state index in [2.05, 4.69) is 16.7 Å². The van der Waals surface area contributed by atoms with Crippen LogP contribution in [0.3, 0.4) is 0 Å². The van der Waals surface area contributed by atoms with Gasteiger partial charge in [-0.1, -0.05) is 37.5 Å². The van der Waals surface area contributed by atoms with E-state index in [1.807, 2.05) is 39.0 Å². The van der Waals surface area contributed by atoms with Gasteiger partial charge in [0.25, 0.3) is 0 Å². The van der Waals surface area contributed by atoms with E-state index in [1.54, 1.807) is 0 Å². The van der Waals surface area contributed by atoms with Crippen molar-refractivity contribution in [2.24, 2.45) is 5.92 Å². The summed E-state index contributed by atoms with van der Waals surface area (Å²) in [7, 11) is 0. The van der Waals surface area contributed by atoms with Crippen LogP contribution in [0.5, 0.6) is 0 Å². The number of hydrogen-bond donors (Lipinski definition) is 2. The van der Waals surface area contributed by atoms with Crippen LogP contribution in [0.2, 0.25) is 0 Å². The van der Waals surface area contributed by atoms with Gasteiger partial charge in [-0.25, -0.2) is 4.79 Å². The van der Waals surface area contributed by atoms with Crippen LogP contribution in [-0.2, 0) is 11.3 Å². The molecule has 1 aromatic rings. The van der Waals surface area contributed by atoms with Gasteiger partial charge in [-0.2, -0.15) is 0 Å². The monoisotopic (exact) mass is 318 g/mol. The van der Waals surface area contributed by atoms with Crippen molar-refractivity contribution in [2.75, 3.05) is 11.9 Å². The van der Waals surface area contributed by atoms with Crippen LogP contribution >= 0.6 is 0 Å². The molecule has 0 aromatic heterocycles. The predicted octanol–water partition coefficient (Wildman–Crippen LogP) is 4.70. The van der Waals surface area contributed by atoms with E-state index in [9.17, 15) is 4.79 Å². The topological polar surface area (TPSA) is 50.4 Å². The molecule has 0 spiro atoms. The van der Waals surface area contributed by atoms with E-state index in [0.29, 0.717) is 6.54 Å². The van der Waals surface area contributed by atoms with Crippen LogP contribution < -0.4 is 10.6 Å². The lowest BCUT2D eigenvalue weighted by Gasteiger charge is -2.23. The second kappa shape index (κ2) is 8.23. The lowest BCUT2D eigenvalue weighted by atomic mass is 9.89. The summed E-state index contributed by atoms with van der Waals surface area (Å²) >= 11 is 0. The molecule has 0 radical (unpaired) electrons. The smallest absolute Gasteiger partial charge is 0.407 e. The number of anilines is 1. The average Bonchev–Trinajstić information content (AvgIpc) is 2.51. The minimum Gasteiger partial charge on any atom is -0.444 e. The number of carbonyl (C=O) groups is 1. The van der Waals surface area contributed by atoms with E-state index in [-0.39, 0.29) is 6.09 Å². The Balaban J connectivity index is 1.85. The maximum Gasteiger partial charge on any atom is 0.407 e. The average molecular weight is 318 g/mol. The molecule has 2 rings (SSSR count). The Morgan fingerprint density at radius 1 is 1.17 bits per heavy atom. The SMILES string of the molecule is CC(C)(C)OC(=O)NCc1ccccc1NCC1CCCCC1. The number of carbonyl (C=O) groups excluding carboxylic acids is 1. The van der Waals surface area contributed by atoms with E-state index >= 15 is 0 Å². The Labute approximate surface area is 140 Å². The fourth-order valence-electron chi connectivity index (χ4n) is 2.97. The third-order valence-corrected chi connectivity index (χ3v) is 4.15. The molecule has 1 amide bonds. The molecule has 1 aliphatic rings. The van der Waals surface area contributed by atoms with Gasteiger partial charge in [-0.15, -0.1) is 0 Å². The quantitative estimate of drug-likeness (QED) is 0.827. The summed E-state index contributed by atoms with van der Waals surface area (Å²) in [6, 6.07) is 8.15. The zero-order valence-electron chi connectivity index (χ0n) is 14.7. The summed E-state index contributed by atoms with van der Waals surface area (Å²) in [5.74, 6) is 0.774. The first-order valence-electron chi connectivity index (χ1n) is 8.73. The van der Waals surface area contributed by atoms with E-state index in [4.69, 9.17) is 4.74 Å². The van der Waals surface area contributed by atoms with Crippen LogP contribution in [0.15, 0.2) is 24.3 Å². The summed E-state index contributed by atoms with van der Waals surface area (Å²) in [5.41, 5.74) is 1.73. The first-order chi connectivity index (χ1) is 10.9. The van der Waals surface area contributed by atoms with Crippen molar-refractivity contribution in [1.82, 2.24) is 5.32 Å². The molecule has 1 saturated carbocycles. The largest absolute Gasteiger partial charge is 0.444 e. The van der Waals surface area contributed by atoms with E-state index < -0.39 is 5.60 Å².